The molecule has 136 valence electrons. The Bertz CT molecular complexity index is 988. The van der Waals surface area contributed by atoms with Crippen molar-refractivity contribution in [2.24, 2.45) is 5.41 Å². The van der Waals surface area contributed by atoms with E-state index in [9.17, 15) is 0 Å². The molecule has 0 N–H and O–H groups in total. The molecule has 0 saturated heterocycles. The van der Waals surface area contributed by atoms with Crippen LogP contribution < -0.4 is 4.57 Å². The van der Waals surface area contributed by atoms with Crippen molar-refractivity contribution in [3.8, 4) is 5.69 Å². The molecule has 2 aromatic carbocycles. The highest BCUT2D eigenvalue weighted by Crippen LogP contribution is 2.61. The molecule has 0 fully saturated rings. The zero-order valence-corrected chi connectivity index (χ0v) is 17.1. The molecule has 0 radical (unpaired) electrons. The third-order valence-corrected chi connectivity index (χ3v) is 7.67. The summed E-state index contributed by atoms with van der Waals surface area (Å²) in [6.45, 7) is 17.6. The van der Waals surface area contributed by atoms with Crippen LogP contribution in [0.5, 0.6) is 0 Å². The molecular formula is C24H30N2. The molecule has 1 aliphatic carbocycles. The van der Waals surface area contributed by atoms with Gasteiger partial charge in [0.2, 0.25) is 6.33 Å². The molecule has 1 aliphatic rings. The van der Waals surface area contributed by atoms with E-state index in [1.54, 1.807) is 0 Å². The molecule has 0 bridgehead atoms. The van der Waals surface area contributed by atoms with Crippen molar-refractivity contribution >= 4 is 11.0 Å². The topological polar surface area (TPSA) is 8.81 Å². The average molecular weight is 347 g/mol. The minimum atomic E-state index is 0.114. The molecule has 3 aromatic rings. The second-order valence-electron chi connectivity index (χ2n) is 9.28. The molecule has 26 heavy (non-hydrogen) atoms. The molecule has 1 aromatic heterocycles. The first-order valence-electron chi connectivity index (χ1n) is 9.71. The van der Waals surface area contributed by atoms with Gasteiger partial charge in [-0.2, -0.15) is 0 Å². The molecule has 0 spiro atoms. The Morgan fingerprint density at radius 3 is 2.04 bits per heavy atom. The Labute approximate surface area is 157 Å². The number of fused-ring (bicyclic) bond motifs is 2. The van der Waals surface area contributed by atoms with Crippen LogP contribution in [0.15, 0.2) is 42.5 Å². The first kappa shape index (κ1) is 17.3. The lowest BCUT2D eigenvalue weighted by Crippen LogP contribution is -2.42. The number of nitrogens with zero attached hydrogens (tertiary/aromatic N) is 2. The van der Waals surface area contributed by atoms with Crippen LogP contribution in [0.2, 0.25) is 0 Å². The van der Waals surface area contributed by atoms with Crippen LogP contribution in [0.1, 0.15) is 59.6 Å². The Balaban J connectivity index is 2.08. The van der Waals surface area contributed by atoms with Crippen LogP contribution in [0.25, 0.3) is 16.7 Å². The summed E-state index contributed by atoms with van der Waals surface area (Å²) in [6.07, 6.45) is 3.57. The van der Waals surface area contributed by atoms with Crippen LogP contribution in [-0.4, -0.2) is 4.57 Å². The number of hydrogen-bond donors (Lipinski definition) is 0. The molecule has 0 saturated carbocycles. The van der Waals surface area contributed by atoms with Gasteiger partial charge in [0.25, 0.3) is 0 Å². The van der Waals surface area contributed by atoms with E-state index < -0.39 is 0 Å². The quantitative estimate of drug-likeness (QED) is 0.438. The normalized spacial score (nSPS) is 19.7. The summed E-state index contributed by atoms with van der Waals surface area (Å²) >= 11 is 0. The predicted octanol–water partition coefficient (Wildman–Crippen LogP) is 5.33. The third-order valence-electron chi connectivity index (χ3n) is 7.67. The molecule has 0 unspecified atom stereocenters. The molecule has 0 aliphatic heterocycles. The van der Waals surface area contributed by atoms with Gasteiger partial charge in [0.15, 0.2) is 0 Å². The SMILES string of the molecule is CC[n+]1[c-]n(-c2ccccc2)c2cc3c(cc21)C(C)(C)C(C)(C)C3(C)C. The summed E-state index contributed by atoms with van der Waals surface area (Å²) in [7, 11) is 0. The summed E-state index contributed by atoms with van der Waals surface area (Å²) in [6, 6.07) is 15.4. The maximum absolute atomic E-state index is 3.57. The van der Waals surface area contributed by atoms with Gasteiger partial charge in [-0.1, -0.05) is 84.0 Å². The van der Waals surface area contributed by atoms with Gasteiger partial charge in [-0.3, -0.25) is 0 Å². The van der Waals surface area contributed by atoms with E-state index in [-0.39, 0.29) is 16.2 Å². The lowest BCUT2D eigenvalue weighted by atomic mass is 9.59. The van der Waals surface area contributed by atoms with Gasteiger partial charge in [-0.15, -0.1) is 0 Å². The second-order valence-corrected chi connectivity index (χ2v) is 9.28. The van der Waals surface area contributed by atoms with Gasteiger partial charge in [0.1, 0.15) is 0 Å². The Kier molecular flexibility index (Phi) is 3.48. The lowest BCUT2D eigenvalue weighted by Gasteiger charge is -2.44. The molecule has 0 atom stereocenters. The molecular weight excluding hydrogens is 316 g/mol. The van der Waals surface area contributed by atoms with E-state index in [2.05, 4.69) is 106 Å². The van der Waals surface area contributed by atoms with Crippen LogP contribution in [0.4, 0.5) is 0 Å². The number of benzene rings is 2. The van der Waals surface area contributed by atoms with Crippen molar-refractivity contribution in [2.45, 2.75) is 65.8 Å². The first-order chi connectivity index (χ1) is 12.1. The van der Waals surface area contributed by atoms with Crippen LogP contribution in [0, 0.1) is 11.7 Å². The van der Waals surface area contributed by atoms with Crippen molar-refractivity contribution in [3.05, 3.63) is 59.9 Å². The highest BCUT2D eigenvalue weighted by molar-refractivity contribution is 5.78. The molecule has 4 rings (SSSR count). The summed E-state index contributed by atoms with van der Waals surface area (Å²) in [5.41, 5.74) is 7.07. The number of aryl methyl sites for hydroxylation is 1. The Morgan fingerprint density at radius 2 is 1.46 bits per heavy atom. The highest BCUT2D eigenvalue weighted by Gasteiger charge is 2.56. The average Bonchev–Trinajstić information content (AvgIpc) is 3.02. The van der Waals surface area contributed by atoms with Crippen LogP contribution in [0.3, 0.4) is 0 Å². The number of hydrogen-bond acceptors (Lipinski definition) is 0. The summed E-state index contributed by atoms with van der Waals surface area (Å²) in [5.74, 6) is 0. The summed E-state index contributed by atoms with van der Waals surface area (Å²) in [5, 5.41) is 0. The van der Waals surface area contributed by atoms with E-state index in [4.69, 9.17) is 0 Å². The summed E-state index contributed by atoms with van der Waals surface area (Å²) < 4.78 is 4.46. The minimum absolute atomic E-state index is 0.114. The molecule has 2 heteroatoms. The van der Waals surface area contributed by atoms with E-state index in [0.29, 0.717) is 0 Å². The fourth-order valence-electron chi connectivity index (χ4n) is 4.70. The smallest absolute Gasteiger partial charge is 0.244 e. The van der Waals surface area contributed by atoms with E-state index in [1.165, 1.54) is 27.8 Å². The van der Waals surface area contributed by atoms with E-state index in [1.807, 2.05) is 0 Å². The Hall–Kier alpha value is -2.09. The monoisotopic (exact) mass is 346 g/mol. The van der Waals surface area contributed by atoms with Gasteiger partial charge in [-0.05, 0) is 34.3 Å². The number of aromatic nitrogens is 2. The maximum Gasteiger partial charge on any atom is 0.244 e. The van der Waals surface area contributed by atoms with E-state index >= 15 is 0 Å². The highest BCUT2D eigenvalue weighted by atomic mass is 15.1. The fraction of sp³-hybridized carbons (Fsp3) is 0.458. The van der Waals surface area contributed by atoms with Crippen LogP contribution in [-0.2, 0) is 17.4 Å². The molecule has 1 heterocycles. The van der Waals surface area contributed by atoms with E-state index in [0.717, 1.165) is 6.54 Å². The van der Waals surface area contributed by atoms with Gasteiger partial charge in [0, 0.05) is 0 Å². The van der Waals surface area contributed by atoms with Gasteiger partial charge < -0.3 is 9.13 Å². The van der Waals surface area contributed by atoms with Gasteiger partial charge in [0.05, 0.1) is 23.3 Å². The van der Waals surface area contributed by atoms with Crippen molar-refractivity contribution < 1.29 is 4.57 Å². The zero-order valence-electron chi connectivity index (χ0n) is 17.1. The standard InChI is InChI=1S/C24H30N2/c1-8-25-16-26(17-12-10-9-11-13-17)21-15-19-18(14-20(21)25)22(2,3)24(6,7)23(19,4)5/h9-15H,8H2,1-7H3. The number of rotatable bonds is 2. The van der Waals surface area contributed by atoms with Crippen LogP contribution >= 0.6 is 0 Å². The zero-order chi connectivity index (χ0) is 18.9. The van der Waals surface area contributed by atoms with Crippen molar-refractivity contribution in [3.63, 3.8) is 0 Å². The number of imidazole rings is 1. The third kappa shape index (κ3) is 1.96. The Morgan fingerprint density at radius 1 is 0.885 bits per heavy atom. The second kappa shape index (κ2) is 5.22. The first-order valence-corrected chi connectivity index (χ1v) is 9.71. The number of para-hydroxylation sites is 1. The maximum atomic E-state index is 3.57. The summed E-state index contributed by atoms with van der Waals surface area (Å²) in [4.78, 5) is 0. The van der Waals surface area contributed by atoms with Gasteiger partial charge >= 0.3 is 0 Å². The van der Waals surface area contributed by atoms with Crippen molar-refractivity contribution in [1.82, 2.24) is 4.57 Å². The molecule has 0 amide bonds. The fourth-order valence-corrected chi connectivity index (χ4v) is 4.70. The molecule has 2 nitrogen and oxygen atoms in total. The van der Waals surface area contributed by atoms with Crippen molar-refractivity contribution in [1.29, 1.82) is 0 Å². The van der Waals surface area contributed by atoms with Gasteiger partial charge in [-0.25, -0.2) is 0 Å². The predicted molar refractivity (Wildman–Crippen MR) is 108 cm³/mol. The van der Waals surface area contributed by atoms with Crippen molar-refractivity contribution in [2.75, 3.05) is 0 Å². The largest absolute Gasteiger partial charge is 0.319 e. The lowest BCUT2D eigenvalue weighted by molar-refractivity contribution is -0.672. The minimum Gasteiger partial charge on any atom is -0.319 e.